The second-order valence-electron chi connectivity index (χ2n) is 8.28. The standard InChI is InChI=1S/C26H26N4O3S/c1-5-22(24(32)29-19-9-7-18(8-10-19)28-17(4)31)30-14-27-25-23(26(30)33)21(13-34-25)20-11-6-15(2)12-16(20)3/h6-14,22H,5H2,1-4H3,(H,28,31)(H,29,32). The van der Waals surface area contributed by atoms with Crippen molar-refractivity contribution >= 4 is 44.7 Å². The van der Waals surface area contributed by atoms with Gasteiger partial charge in [0.15, 0.2) is 0 Å². The lowest BCUT2D eigenvalue weighted by molar-refractivity contribution is -0.119. The second-order valence-corrected chi connectivity index (χ2v) is 9.13. The first-order valence-corrected chi connectivity index (χ1v) is 11.9. The van der Waals surface area contributed by atoms with Crippen LogP contribution in [-0.2, 0) is 9.59 Å². The van der Waals surface area contributed by atoms with E-state index in [-0.39, 0.29) is 17.4 Å². The number of nitrogens with one attached hydrogen (secondary N) is 2. The fraction of sp³-hybridized carbons (Fsp3) is 0.231. The maximum Gasteiger partial charge on any atom is 0.263 e. The summed E-state index contributed by atoms with van der Waals surface area (Å²) in [5, 5.41) is 8.04. The molecular formula is C26H26N4O3S. The van der Waals surface area contributed by atoms with Gasteiger partial charge >= 0.3 is 0 Å². The van der Waals surface area contributed by atoms with Gasteiger partial charge in [-0.2, -0.15) is 0 Å². The van der Waals surface area contributed by atoms with Crippen LogP contribution in [0.25, 0.3) is 21.3 Å². The quantitative estimate of drug-likeness (QED) is 0.397. The van der Waals surface area contributed by atoms with Gasteiger partial charge in [0.05, 0.1) is 11.7 Å². The molecular weight excluding hydrogens is 448 g/mol. The van der Waals surface area contributed by atoms with Gasteiger partial charge in [0.2, 0.25) is 11.8 Å². The Morgan fingerprint density at radius 2 is 1.71 bits per heavy atom. The summed E-state index contributed by atoms with van der Waals surface area (Å²) in [6.45, 7) is 7.36. The number of aryl methyl sites for hydroxylation is 2. The summed E-state index contributed by atoms with van der Waals surface area (Å²) in [5.41, 5.74) is 5.06. The molecule has 0 saturated heterocycles. The number of nitrogens with zero attached hydrogens (tertiary/aromatic N) is 2. The van der Waals surface area contributed by atoms with Crippen LogP contribution >= 0.6 is 11.3 Å². The Balaban J connectivity index is 1.67. The molecule has 0 bridgehead atoms. The van der Waals surface area contributed by atoms with Crippen molar-refractivity contribution in [3.8, 4) is 11.1 Å². The average molecular weight is 475 g/mol. The summed E-state index contributed by atoms with van der Waals surface area (Å²) in [5.74, 6) is -0.472. The van der Waals surface area contributed by atoms with Crippen molar-refractivity contribution in [3.05, 3.63) is 75.7 Å². The topological polar surface area (TPSA) is 93.1 Å². The van der Waals surface area contributed by atoms with Gasteiger partial charge in [-0.05, 0) is 55.7 Å². The van der Waals surface area contributed by atoms with Crippen molar-refractivity contribution in [1.29, 1.82) is 0 Å². The molecule has 2 aromatic heterocycles. The normalized spacial score (nSPS) is 11.9. The Bertz CT molecular complexity index is 1440. The van der Waals surface area contributed by atoms with Crippen LogP contribution < -0.4 is 16.2 Å². The fourth-order valence-corrected chi connectivity index (χ4v) is 4.95. The van der Waals surface area contributed by atoms with Gasteiger partial charge in [0, 0.05) is 29.2 Å². The van der Waals surface area contributed by atoms with Crippen molar-refractivity contribution in [3.63, 3.8) is 0 Å². The molecule has 1 unspecified atom stereocenters. The summed E-state index contributed by atoms with van der Waals surface area (Å²) in [6.07, 6.45) is 1.88. The predicted octanol–water partition coefficient (Wildman–Crippen LogP) is 5.29. The van der Waals surface area contributed by atoms with Gasteiger partial charge in [0.1, 0.15) is 10.9 Å². The number of aromatic nitrogens is 2. The summed E-state index contributed by atoms with van der Waals surface area (Å²) >= 11 is 1.43. The van der Waals surface area contributed by atoms with Gasteiger partial charge in [-0.3, -0.25) is 19.0 Å². The first-order valence-electron chi connectivity index (χ1n) is 11.0. The number of hydrogen-bond donors (Lipinski definition) is 2. The van der Waals surface area contributed by atoms with E-state index in [0.717, 1.165) is 22.3 Å². The van der Waals surface area contributed by atoms with Gasteiger partial charge in [-0.15, -0.1) is 11.3 Å². The maximum atomic E-state index is 13.6. The number of hydrogen-bond acceptors (Lipinski definition) is 5. The molecule has 0 saturated carbocycles. The van der Waals surface area contributed by atoms with Crippen molar-refractivity contribution < 1.29 is 9.59 Å². The molecule has 2 N–H and O–H groups in total. The van der Waals surface area contributed by atoms with Crippen LogP contribution in [0.3, 0.4) is 0 Å². The monoisotopic (exact) mass is 474 g/mol. The molecule has 34 heavy (non-hydrogen) atoms. The number of thiophene rings is 1. The van der Waals surface area contributed by atoms with E-state index in [4.69, 9.17) is 0 Å². The van der Waals surface area contributed by atoms with Crippen LogP contribution in [0.15, 0.2) is 59.0 Å². The minimum Gasteiger partial charge on any atom is -0.326 e. The van der Waals surface area contributed by atoms with Crippen molar-refractivity contribution in [1.82, 2.24) is 9.55 Å². The highest BCUT2D eigenvalue weighted by Crippen LogP contribution is 2.33. The van der Waals surface area contributed by atoms with Gasteiger partial charge in [-0.1, -0.05) is 30.7 Å². The molecule has 174 valence electrons. The van der Waals surface area contributed by atoms with Gasteiger partial charge < -0.3 is 10.6 Å². The molecule has 7 nitrogen and oxygen atoms in total. The molecule has 0 fully saturated rings. The van der Waals surface area contributed by atoms with E-state index in [0.29, 0.717) is 28.0 Å². The number of carbonyl (C=O) groups is 2. The highest BCUT2D eigenvalue weighted by Gasteiger charge is 2.23. The Morgan fingerprint density at radius 1 is 1.03 bits per heavy atom. The minimum atomic E-state index is -0.716. The highest BCUT2D eigenvalue weighted by molar-refractivity contribution is 7.17. The lowest BCUT2D eigenvalue weighted by atomic mass is 9.99. The van der Waals surface area contributed by atoms with Crippen molar-refractivity contribution in [2.24, 2.45) is 0 Å². The number of rotatable bonds is 6. The minimum absolute atomic E-state index is 0.168. The molecule has 0 radical (unpaired) electrons. The first-order chi connectivity index (χ1) is 16.3. The van der Waals surface area contributed by atoms with Gasteiger partial charge in [-0.25, -0.2) is 4.98 Å². The predicted molar refractivity (Wildman–Crippen MR) is 137 cm³/mol. The van der Waals surface area contributed by atoms with Gasteiger partial charge in [0.25, 0.3) is 5.56 Å². The molecule has 2 heterocycles. The molecule has 0 aliphatic rings. The zero-order valence-corrected chi connectivity index (χ0v) is 20.3. The summed E-state index contributed by atoms with van der Waals surface area (Å²) in [4.78, 5) is 43.0. The van der Waals surface area contributed by atoms with Crippen LogP contribution in [0.4, 0.5) is 11.4 Å². The highest BCUT2D eigenvalue weighted by atomic mass is 32.1. The van der Waals surface area contributed by atoms with Crippen LogP contribution in [0.5, 0.6) is 0 Å². The van der Waals surface area contributed by atoms with Crippen molar-refractivity contribution in [2.75, 3.05) is 10.6 Å². The average Bonchev–Trinajstić information content (AvgIpc) is 3.21. The van der Waals surface area contributed by atoms with E-state index in [1.165, 1.54) is 29.2 Å². The Morgan fingerprint density at radius 3 is 2.32 bits per heavy atom. The van der Waals surface area contributed by atoms with E-state index < -0.39 is 6.04 Å². The summed E-state index contributed by atoms with van der Waals surface area (Å²) in [7, 11) is 0. The molecule has 2 amide bonds. The number of anilines is 2. The van der Waals surface area contributed by atoms with Crippen LogP contribution in [0, 0.1) is 13.8 Å². The lowest BCUT2D eigenvalue weighted by Gasteiger charge is -2.18. The Labute approximate surface area is 201 Å². The van der Waals surface area contributed by atoms with Crippen LogP contribution in [0.2, 0.25) is 0 Å². The Hall–Kier alpha value is -3.78. The molecule has 1 atom stereocenters. The third kappa shape index (κ3) is 4.63. The molecule has 2 aromatic carbocycles. The third-order valence-electron chi connectivity index (χ3n) is 5.69. The smallest absolute Gasteiger partial charge is 0.263 e. The molecule has 0 aliphatic heterocycles. The number of benzene rings is 2. The van der Waals surface area contributed by atoms with E-state index in [9.17, 15) is 14.4 Å². The van der Waals surface area contributed by atoms with Crippen LogP contribution in [-0.4, -0.2) is 21.4 Å². The summed E-state index contributed by atoms with van der Waals surface area (Å²) in [6, 6.07) is 12.3. The Kier molecular flexibility index (Phi) is 6.61. The van der Waals surface area contributed by atoms with E-state index >= 15 is 0 Å². The largest absolute Gasteiger partial charge is 0.326 e. The molecule has 4 rings (SSSR count). The maximum absolute atomic E-state index is 13.6. The molecule has 4 aromatic rings. The van der Waals surface area contributed by atoms with Crippen LogP contribution in [0.1, 0.15) is 37.4 Å². The van der Waals surface area contributed by atoms with E-state index in [1.54, 1.807) is 24.3 Å². The molecule has 0 spiro atoms. The molecule has 8 heteroatoms. The first kappa shape index (κ1) is 23.4. The molecule has 0 aliphatic carbocycles. The fourth-order valence-electron chi connectivity index (χ4n) is 4.06. The number of carbonyl (C=O) groups excluding carboxylic acids is 2. The van der Waals surface area contributed by atoms with E-state index in [1.807, 2.05) is 38.3 Å². The van der Waals surface area contributed by atoms with E-state index in [2.05, 4.69) is 21.7 Å². The SMILES string of the molecule is CCC(C(=O)Nc1ccc(NC(C)=O)cc1)n1cnc2scc(-c3ccc(C)cc3C)c2c1=O. The zero-order chi connectivity index (χ0) is 24.4. The zero-order valence-electron chi connectivity index (χ0n) is 19.5. The van der Waals surface area contributed by atoms with Crippen molar-refractivity contribution in [2.45, 2.75) is 40.2 Å². The number of fused-ring (bicyclic) bond motifs is 1. The lowest BCUT2D eigenvalue weighted by Crippen LogP contribution is -2.33. The third-order valence-corrected chi connectivity index (χ3v) is 6.58. The summed E-state index contributed by atoms with van der Waals surface area (Å²) < 4.78 is 1.42. The second kappa shape index (κ2) is 9.61. The number of amides is 2.